The molecule has 98 valence electrons. The highest BCUT2D eigenvalue weighted by molar-refractivity contribution is 14.1. The van der Waals surface area contributed by atoms with Gasteiger partial charge in [0.05, 0.1) is 19.4 Å². The molecule has 0 aliphatic rings. The van der Waals surface area contributed by atoms with Gasteiger partial charge in [0.2, 0.25) is 0 Å². The number of imidazole rings is 1. The van der Waals surface area contributed by atoms with Crippen molar-refractivity contribution in [3.63, 3.8) is 0 Å². The van der Waals surface area contributed by atoms with Gasteiger partial charge in [0, 0.05) is 13.8 Å². The van der Waals surface area contributed by atoms with E-state index in [4.69, 9.17) is 33.7 Å². The summed E-state index contributed by atoms with van der Waals surface area (Å²) in [6.07, 6.45) is 0. The van der Waals surface area contributed by atoms with Gasteiger partial charge in [-0.05, 0) is 0 Å². The van der Waals surface area contributed by atoms with Crippen molar-refractivity contribution in [3.8, 4) is 11.9 Å². The Kier molecular flexibility index (Phi) is 7.05. The van der Waals surface area contributed by atoms with Gasteiger partial charge in [-0.25, -0.2) is 10.5 Å². The third-order valence-corrected chi connectivity index (χ3v) is 4.04. The zero-order valence-electron chi connectivity index (χ0n) is 10.7. The fraction of sp³-hybridized carbons (Fsp3) is 0.500. The molecule has 1 rings (SSSR count). The van der Waals surface area contributed by atoms with Crippen LogP contribution in [0.25, 0.3) is 0 Å². The highest BCUT2D eigenvalue weighted by atomic mass is 127. The highest BCUT2D eigenvalue weighted by Gasteiger charge is 2.36. The minimum absolute atomic E-state index is 0.194. The zero-order valence-corrected chi connectivity index (χ0v) is 14.4. The highest BCUT2D eigenvalue weighted by Crippen LogP contribution is 2.11. The lowest BCUT2D eigenvalue weighted by Crippen LogP contribution is -2.61. The van der Waals surface area contributed by atoms with Crippen LogP contribution in [0.4, 0.5) is 0 Å². The molecule has 0 fully saturated rings. The minimum Gasteiger partial charge on any atom is -0.299 e. The second-order valence-electron chi connectivity index (χ2n) is 3.77. The summed E-state index contributed by atoms with van der Waals surface area (Å²) in [4.78, 5) is 0. The van der Waals surface area contributed by atoms with Crippen molar-refractivity contribution in [1.29, 1.82) is 10.5 Å². The first-order valence-corrected chi connectivity index (χ1v) is 7.42. The number of alkyl halides is 2. The molecule has 0 N–H and O–H groups in total. The molecule has 1 heterocycles. The third-order valence-electron chi connectivity index (χ3n) is 2.93. The SMILES string of the molecule is Cc1c(C)[n+](C)c([B-](I)(C#N)C#N)n1C.ClCCl. The Morgan fingerprint density at radius 1 is 1.33 bits per heavy atom. The van der Waals surface area contributed by atoms with Crippen LogP contribution in [0.1, 0.15) is 11.4 Å². The van der Waals surface area contributed by atoms with E-state index >= 15 is 0 Å². The molecule has 0 bridgehead atoms. The summed E-state index contributed by atoms with van der Waals surface area (Å²) in [5.41, 5.74) is 2.94. The van der Waals surface area contributed by atoms with Crippen LogP contribution in [-0.4, -0.2) is 13.9 Å². The van der Waals surface area contributed by atoms with Crippen molar-refractivity contribution in [3.05, 3.63) is 11.4 Å². The Hall–Kier alpha value is -0.435. The van der Waals surface area contributed by atoms with E-state index in [2.05, 4.69) is 11.9 Å². The van der Waals surface area contributed by atoms with Crippen molar-refractivity contribution >= 4 is 55.3 Å². The van der Waals surface area contributed by atoms with Crippen LogP contribution in [-0.2, 0) is 14.1 Å². The van der Waals surface area contributed by atoms with Crippen molar-refractivity contribution in [2.45, 2.75) is 13.8 Å². The molecule has 0 aliphatic carbocycles. The number of nitriles is 2. The molecule has 0 amide bonds. The average Bonchev–Trinajstić information content (AvgIpc) is 2.54. The average molecular weight is 399 g/mol. The number of rotatable bonds is 1. The van der Waals surface area contributed by atoms with E-state index in [0.717, 1.165) is 17.1 Å². The largest absolute Gasteiger partial charge is 0.368 e. The number of halogens is 3. The molecule has 18 heavy (non-hydrogen) atoms. The molecule has 1 aromatic heterocycles. The van der Waals surface area contributed by atoms with Gasteiger partial charge < -0.3 is 0 Å². The summed E-state index contributed by atoms with van der Waals surface area (Å²) in [6, 6.07) is 0. The number of hydrogen-bond acceptors (Lipinski definition) is 2. The molecule has 8 heteroatoms. The molecule has 0 spiro atoms. The molecule has 0 saturated carbocycles. The smallest absolute Gasteiger partial charge is 0.299 e. The molecule has 0 aliphatic heterocycles. The number of hydrogen-bond donors (Lipinski definition) is 0. The lowest BCUT2D eigenvalue weighted by Gasteiger charge is -2.14. The molecule has 0 aromatic carbocycles. The van der Waals surface area contributed by atoms with Crippen LogP contribution < -0.4 is 10.3 Å². The number of aromatic nitrogens is 2. The monoisotopic (exact) mass is 398 g/mol. The molecule has 1 aromatic rings. The summed E-state index contributed by atoms with van der Waals surface area (Å²) < 4.78 is 2.03. The van der Waals surface area contributed by atoms with Gasteiger partial charge in [0.15, 0.2) is 0 Å². The topological polar surface area (TPSA) is 56.4 Å². The summed E-state index contributed by atoms with van der Waals surface area (Å²) in [5.74, 6) is 4.23. The summed E-state index contributed by atoms with van der Waals surface area (Å²) in [6.45, 7) is 3.97. The van der Waals surface area contributed by atoms with Gasteiger partial charge in [-0.3, -0.25) is 31.5 Å². The number of nitrogens with zero attached hydrogens (tertiary/aromatic N) is 4. The van der Waals surface area contributed by atoms with E-state index in [1.807, 2.05) is 59.5 Å². The molecule has 0 atom stereocenters. The molecule has 0 radical (unpaired) electrons. The molecular weight excluding hydrogens is 385 g/mol. The standard InChI is InChI=1S/C9H12BIN4.CH2Cl2/c1-7-8(2)15(4)9(14(7)3)10(11,5-12)6-13;2-1-3/h1-4H3;1H2. The van der Waals surface area contributed by atoms with Gasteiger partial charge in [-0.1, -0.05) is 0 Å². The maximum Gasteiger partial charge on any atom is 0.368 e. The van der Waals surface area contributed by atoms with Crippen LogP contribution in [0.15, 0.2) is 0 Å². The molecule has 4 nitrogen and oxygen atoms in total. The Labute approximate surface area is 131 Å². The fourth-order valence-electron chi connectivity index (χ4n) is 1.73. The van der Waals surface area contributed by atoms with Crippen LogP contribution in [0.2, 0.25) is 0 Å². The first kappa shape index (κ1) is 17.6. The van der Waals surface area contributed by atoms with Crippen LogP contribution >= 0.6 is 45.6 Å². The Balaban J connectivity index is 0.000000873. The quantitative estimate of drug-likeness (QED) is 0.312. The van der Waals surface area contributed by atoms with E-state index in [9.17, 15) is 0 Å². The fourth-order valence-corrected chi connectivity index (χ4v) is 2.57. The van der Waals surface area contributed by atoms with Gasteiger partial charge in [0.25, 0.3) is 0 Å². The predicted octanol–water partition coefficient (Wildman–Crippen LogP) is 1.60. The van der Waals surface area contributed by atoms with E-state index in [1.165, 1.54) is 0 Å². The molecule has 0 unspecified atom stereocenters. The maximum absolute atomic E-state index is 9.11. The zero-order chi connectivity index (χ0) is 14.5. The van der Waals surface area contributed by atoms with Gasteiger partial charge >= 0.3 is 4.00 Å². The Morgan fingerprint density at radius 3 is 1.94 bits per heavy atom. The van der Waals surface area contributed by atoms with Gasteiger partial charge in [0.1, 0.15) is 17.1 Å². The first-order valence-electron chi connectivity index (χ1n) is 5.10. The Bertz CT molecular complexity index is 476. The second kappa shape index (κ2) is 7.23. The van der Waals surface area contributed by atoms with Crippen LogP contribution in [0.3, 0.4) is 0 Å². The van der Waals surface area contributed by atoms with Crippen molar-refractivity contribution in [2.24, 2.45) is 14.1 Å². The predicted molar refractivity (Wildman–Crippen MR) is 83.3 cm³/mol. The summed E-state index contributed by atoms with van der Waals surface area (Å²) in [7, 11) is 3.78. The van der Waals surface area contributed by atoms with Crippen molar-refractivity contribution < 1.29 is 4.57 Å². The maximum atomic E-state index is 9.11. The van der Waals surface area contributed by atoms with E-state index in [0.29, 0.717) is 0 Å². The summed E-state index contributed by atoms with van der Waals surface area (Å²) >= 11 is 11.5. The normalized spacial score (nSPS) is 10.1. The Morgan fingerprint density at radius 2 is 1.72 bits per heavy atom. The molecular formula is C10H14BCl2IN4. The second-order valence-corrected chi connectivity index (χ2v) is 6.44. The van der Waals surface area contributed by atoms with Gasteiger partial charge in [-0.15, -0.1) is 35.1 Å². The van der Waals surface area contributed by atoms with Gasteiger partial charge in [-0.2, -0.15) is 0 Å². The lowest BCUT2D eigenvalue weighted by molar-refractivity contribution is -0.659. The van der Waals surface area contributed by atoms with Crippen molar-refractivity contribution in [1.82, 2.24) is 4.57 Å². The summed E-state index contributed by atoms with van der Waals surface area (Å²) in [5, 5.41) is 18.4. The minimum atomic E-state index is -1.82. The lowest BCUT2D eigenvalue weighted by atomic mass is 9.51. The third kappa shape index (κ3) is 3.31. The first-order chi connectivity index (χ1) is 8.30. The van der Waals surface area contributed by atoms with E-state index < -0.39 is 4.00 Å². The van der Waals surface area contributed by atoms with Crippen LogP contribution in [0.5, 0.6) is 0 Å². The molecule has 0 saturated heterocycles. The van der Waals surface area contributed by atoms with E-state index in [-0.39, 0.29) is 5.34 Å². The van der Waals surface area contributed by atoms with Crippen molar-refractivity contribution in [2.75, 3.05) is 5.34 Å². The van der Waals surface area contributed by atoms with E-state index in [1.54, 1.807) is 0 Å². The van der Waals surface area contributed by atoms with Crippen LogP contribution in [0, 0.1) is 36.3 Å².